The molecular formula is C21H29N5O2. The SMILES string of the molecule is CC(C)(C)OC(=O)N1CCN(c2ncc3c(n2)CCN(C2=CC=C2)CC3)CC1. The van der Waals surface area contributed by atoms with Gasteiger partial charge in [-0.3, -0.25) is 0 Å². The number of anilines is 1. The summed E-state index contributed by atoms with van der Waals surface area (Å²) in [5.41, 5.74) is 3.26. The molecule has 0 spiro atoms. The van der Waals surface area contributed by atoms with E-state index in [4.69, 9.17) is 9.72 Å². The minimum atomic E-state index is -0.465. The lowest BCUT2D eigenvalue weighted by molar-refractivity contribution is 0.0240. The van der Waals surface area contributed by atoms with Gasteiger partial charge in [0.15, 0.2) is 0 Å². The number of aromatic nitrogens is 2. The summed E-state index contributed by atoms with van der Waals surface area (Å²) in [7, 11) is 0. The Kier molecular flexibility index (Phi) is 5.00. The number of ether oxygens (including phenoxy) is 1. The lowest BCUT2D eigenvalue weighted by Gasteiger charge is -2.35. The third kappa shape index (κ3) is 4.13. The van der Waals surface area contributed by atoms with E-state index in [2.05, 4.69) is 33.0 Å². The number of carbonyl (C=O) groups excluding carboxylic acids is 1. The molecule has 7 heteroatoms. The zero-order chi connectivity index (χ0) is 19.7. The number of fused-ring (bicyclic) bond motifs is 1. The van der Waals surface area contributed by atoms with Gasteiger partial charge in [0.2, 0.25) is 5.95 Å². The van der Waals surface area contributed by atoms with Crippen LogP contribution >= 0.6 is 0 Å². The van der Waals surface area contributed by atoms with E-state index >= 15 is 0 Å². The Bertz CT molecular complexity index is 804. The summed E-state index contributed by atoms with van der Waals surface area (Å²) in [5, 5.41) is 0. The highest BCUT2D eigenvalue weighted by Gasteiger charge is 2.27. The third-order valence-corrected chi connectivity index (χ3v) is 5.32. The molecule has 3 aliphatic rings. The van der Waals surface area contributed by atoms with E-state index in [0.717, 1.165) is 50.7 Å². The molecule has 0 bridgehead atoms. The normalized spacial score (nSPS) is 19.5. The first-order valence-electron chi connectivity index (χ1n) is 10.1. The Morgan fingerprint density at radius 3 is 2.39 bits per heavy atom. The summed E-state index contributed by atoms with van der Waals surface area (Å²) in [6, 6.07) is 0. The van der Waals surface area contributed by atoms with Crippen LogP contribution in [0.15, 0.2) is 30.1 Å². The molecule has 7 nitrogen and oxygen atoms in total. The van der Waals surface area contributed by atoms with Gasteiger partial charge in [-0.1, -0.05) is 6.08 Å². The van der Waals surface area contributed by atoms with E-state index in [1.54, 1.807) is 4.90 Å². The molecule has 1 aromatic heterocycles. The van der Waals surface area contributed by atoms with Gasteiger partial charge in [0.25, 0.3) is 0 Å². The maximum Gasteiger partial charge on any atom is 0.410 e. The van der Waals surface area contributed by atoms with E-state index < -0.39 is 5.60 Å². The Morgan fingerprint density at radius 2 is 1.75 bits per heavy atom. The molecule has 3 heterocycles. The van der Waals surface area contributed by atoms with Crippen molar-refractivity contribution in [1.29, 1.82) is 0 Å². The molecule has 0 aromatic carbocycles. The van der Waals surface area contributed by atoms with Gasteiger partial charge < -0.3 is 19.4 Å². The Labute approximate surface area is 166 Å². The molecule has 0 N–H and O–H groups in total. The van der Waals surface area contributed by atoms with E-state index in [1.807, 2.05) is 27.0 Å². The fraction of sp³-hybridized carbons (Fsp3) is 0.571. The van der Waals surface area contributed by atoms with Gasteiger partial charge in [-0.15, -0.1) is 0 Å². The minimum Gasteiger partial charge on any atom is -0.444 e. The zero-order valence-corrected chi connectivity index (χ0v) is 17.0. The van der Waals surface area contributed by atoms with E-state index in [9.17, 15) is 4.79 Å². The Morgan fingerprint density at radius 1 is 1.04 bits per heavy atom. The number of carbonyl (C=O) groups is 1. The van der Waals surface area contributed by atoms with Gasteiger partial charge in [-0.25, -0.2) is 14.8 Å². The van der Waals surface area contributed by atoms with Crippen LogP contribution < -0.4 is 4.90 Å². The average molecular weight is 383 g/mol. The van der Waals surface area contributed by atoms with E-state index in [1.165, 1.54) is 11.3 Å². The molecule has 1 fully saturated rings. The highest BCUT2D eigenvalue weighted by atomic mass is 16.6. The van der Waals surface area contributed by atoms with Crippen molar-refractivity contribution in [2.75, 3.05) is 44.2 Å². The second-order valence-electron chi connectivity index (χ2n) is 8.53. The highest BCUT2D eigenvalue weighted by Crippen LogP contribution is 2.22. The average Bonchev–Trinajstić information content (AvgIpc) is 2.81. The summed E-state index contributed by atoms with van der Waals surface area (Å²) < 4.78 is 5.47. The topological polar surface area (TPSA) is 61.8 Å². The van der Waals surface area contributed by atoms with Gasteiger partial charge in [-0.2, -0.15) is 0 Å². The monoisotopic (exact) mass is 383 g/mol. The van der Waals surface area contributed by atoms with Crippen molar-refractivity contribution in [1.82, 2.24) is 19.8 Å². The molecule has 4 rings (SSSR count). The number of hydrogen-bond donors (Lipinski definition) is 0. The smallest absolute Gasteiger partial charge is 0.410 e. The largest absolute Gasteiger partial charge is 0.444 e. The molecule has 1 aromatic rings. The van der Waals surface area contributed by atoms with Crippen LogP contribution in [0.2, 0.25) is 0 Å². The standard InChI is InChI=1S/C21H29N5O2/c1-21(2,3)28-20(27)26-13-11-25(12-14-26)19-22-15-16-7-9-24(17-5-4-6-17)10-8-18(16)23-19/h4-6,15H,7-14H2,1-3H3. The van der Waals surface area contributed by atoms with Gasteiger partial charge >= 0.3 is 6.09 Å². The van der Waals surface area contributed by atoms with Crippen molar-refractivity contribution in [3.05, 3.63) is 41.4 Å². The molecule has 0 saturated carbocycles. The van der Waals surface area contributed by atoms with E-state index in [0.29, 0.717) is 13.1 Å². The fourth-order valence-electron chi connectivity index (χ4n) is 3.68. The molecule has 150 valence electrons. The van der Waals surface area contributed by atoms with Crippen molar-refractivity contribution in [3.8, 4) is 0 Å². The van der Waals surface area contributed by atoms with Crippen molar-refractivity contribution in [3.63, 3.8) is 0 Å². The van der Waals surface area contributed by atoms with Crippen LogP contribution in [-0.2, 0) is 17.6 Å². The lowest BCUT2D eigenvalue weighted by Crippen LogP contribution is -2.50. The summed E-state index contributed by atoms with van der Waals surface area (Å²) >= 11 is 0. The summed E-state index contributed by atoms with van der Waals surface area (Å²) in [5.74, 6) is 0.777. The summed E-state index contributed by atoms with van der Waals surface area (Å²) in [4.78, 5) is 28.1. The van der Waals surface area contributed by atoms with Crippen LogP contribution in [0.5, 0.6) is 0 Å². The van der Waals surface area contributed by atoms with Gasteiger partial charge in [-0.05, 0) is 44.9 Å². The number of rotatable bonds is 2. The third-order valence-electron chi connectivity index (χ3n) is 5.32. The molecule has 1 saturated heterocycles. The minimum absolute atomic E-state index is 0.241. The Balaban J connectivity index is 1.36. The van der Waals surface area contributed by atoms with Crippen molar-refractivity contribution >= 4 is 12.0 Å². The predicted molar refractivity (Wildman–Crippen MR) is 108 cm³/mol. The molecule has 0 radical (unpaired) electrons. The second-order valence-corrected chi connectivity index (χ2v) is 8.53. The maximum atomic E-state index is 12.2. The zero-order valence-electron chi connectivity index (χ0n) is 17.0. The second kappa shape index (κ2) is 7.45. The molecule has 0 unspecified atom stereocenters. The first-order valence-corrected chi connectivity index (χ1v) is 10.1. The van der Waals surface area contributed by atoms with Crippen molar-refractivity contribution in [2.24, 2.45) is 0 Å². The van der Waals surface area contributed by atoms with Gasteiger partial charge in [0, 0.05) is 57.6 Å². The molecule has 1 aliphatic carbocycles. The molecule has 1 amide bonds. The quantitative estimate of drug-likeness (QED) is 0.782. The van der Waals surface area contributed by atoms with Crippen LogP contribution in [0.3, 0.4) is 0 Å². The van der Waals surface area contributed by atoms with Gasteiger partial charge in [0.05, 0.1) is 5.69 Å². The highest BCUT2D eigenvalue weighted by molar-refractivity contribution is 5.68. The van der Waals surface area contributed by atoms with Crippen LogP contribution in [-0.4, -0.2) is 70.7 Å². The fourth-order valence-corrected chi connectivity index (χ4v) is 3.68. The molecule has 28 heavy (non-hydrogen) atoms. The van der Waals surface area contributed by atoms with Crippen LogP contribution in [0.4, 0.5) is 10.7 Å². The molecule has 2 aliphatic heterocycles. The molecule has 0 atom stereocenters. The van der Waals surface area contributed by atoms with Crippen LogP contribution in [0.25, 0.3) is 0 Å². The number of allylic oxidation sites excluding steroid dienone is 3. The first-order chi connectivity index (χ1) is 13.4. The maximum absolute atomic E-state index is 12.2. The number of nitrogens with zero attached hydrogens (tertiary/aromatic N) is 5. The Hall–Kier alpha value is -2.57. The number of hydrogen-bond acceptors (Lipinski definition) is 6. The predicted octanol–water partition coefficient (Wildman–Crippen LogP) is 2.39. The summed E-state index contributed by atoms with van der Waals surface area (Å²) in [6.45, 7) is 10.4. The van der Waals surface area contributed by atoms with Crippen LogP contribution in [0.1, 0.15) is 32.0 Å². The van der Waals surface area contributed by atoms with Crippen molar-refractivity contribution < 1.29 is 9.53 Å². The van der Waals surface area contributed by atoms with E-state index in [-0.39, 0.29) is 6.09 Å². The number of amides is 1. The van der Waals surface area contributed by atoms with Crippen LogP contribution in [0, 0.1) is 0 Å². The van der Waals surface area contributed by atoms with Crippen molar-refractivity contribution in [2.45, 2.75) is 39.2 Å². The van der Waals surface area contributed by atoms with Gasteiger partial charge in [0.1, 0.15) is 5.60 Å². The number of piperazine rings is 1. The molecular weight excluding hydrogens is 354 g/mol. The first kappa shape index (κ1) is 18.8. The lowest BCUT2D eigenvalue weighted by atomic mass is 10.1. The summed E-state index contributed by atoms with van der Waals surface area (Å²) in [6.07, 6.45) is 10.1.